The first-order chi connectivity index (χ1) is 8.88. The molecule has 0 bridgehead atoms. The van der Waals surface area contributed by atoms with Crippen LogP contribution in [0.25, 0.3) is 0 Å². The van der Waals surface area contributed by atoms with Crippen LogP contribution in [0, 0.1) is 0 Å². The summed E-state index contributed by atoms with van der Waals surface area (Å²) in [5, 5.41) is 5.37. The highest BCUT2D eigenvalue weighted by molar-refractivity contribution is 7.09. The normalized spacial score (nSPS) is 13.3. The quantitative estimate of drug-likeness (QED) is 0.864. The smallest absolute Gasteiger partial charge is 0.376 e. The molecular formula is C12H10ClF3N2S. The van der Waals surface area contributed by atoms with Crippen molar-refractivity contribution >= 4 is 28.6 Å². The van der Waals surface area contributed by atoms with Crippen LogP contribution in [0.3, 0.4) is 0 Å². The van der Waals surface area contributed by atoms with E-state index in [0.29, 0.717) is 0 Å². The van der Waals surface area contributed by atoms with Gasteiger partial charge in [-0.1, -0.05) is 11.6 Å². The van der Waals surface area contributed by atoms with E-state index in [2.05, 4.69) is 10.3 Å². The van der Waals surface area contributed by atoms with E-state index >= 15 is 0 Å². The van der Waals surface area contributed by atoms with Gasteiger partial charge in [-0.2, -0.15) is 13.2 Å². The molecule has 0 amide bonds. The Hall–Kier alpha value is -1.27. The summed E-state index contributed by atoms with van der Waals surface area (Å²) in [7, 11) is 0. The molecule has 1 aromatic heterocycles. The third-order valence-electron chi connectivity index (χ3n) is 2.48. The molecule has 1 heterocycles. The number of alkyl halides is 3. The van der Waals surface area contributed by atoms with E-state index in [9.17, 15) is 13.2 Å². The lowest BCUT2D eigenvalue weighted by Crippen LogP contribution is -2.13. The van der Waals surface area contributed by atoms with Crippen LogP contribution in [0.2, 0.25) is 5.02 Å². The van der Waals surface area contributed by atoms with Gasteiger partial charge < -0.3 is 5.32 Å². The van der Waals surface area contributed by atoms with E-state index in [1.54, 1.807) is 18.5 Å². The molecule has 0 saturated carbocycles. The number of thiazole rings is 1. The van der Waals surface area contributed by atoms with Gasteiger partial charge in [-0.25, -0.2) is 4.98 Å². The molecule has 0 aliphatic heterocycles. The van der Waals surface area contributed by atoms with Gasteiger partial charge in [0.25, 0.3) is 0 Å². The first-order valence-electron chi connectivity index (χ1n) is 5.40. The Bertz CT molecular complexity index is 555. The summed E-state index contributed by atoms with van der Waals surface area (Å²) in [4.78, 5) is 4.07. The summed E-state index contributed by atoms with van der Waals surface area (Å²) in [5.41, 5.74) is -0.775. The SMILES string of the molecule is CC(Nc1ccc(Cl)cc1C(F)(F)F)c1nccs1. The minimum atomic E-state index is -4.45. The Kier molecular flexibility index (Phi) is 4.01. The Labute approximate surface area is 117 Å². The fourth-order valence-electron chi connectivity index (χ4n) is 1.62. The molecule has 1 atom stereocenters. The van der Waals surface area contributed by atoms with E-state index in [0.717, 1.165) is 11.1 Å². The van der Waals surface area contributed by atoms with E-state index in [1.807, 2.05) is 0 Å². The lowest BCUT2D eigenvalue weighted by atomic mass is 10.1. The largest absolute Gasteiger partial charge is 0.418 e. The number of benzene rings is 1. The number of nitrogens with one attached hydrogen (secondary N) is 1. The number of anilines is 1. The summed E-state index contributed by atoms with van der Waals surface area (Å²) in [6.45, 7) is 1.76. The summed E-state index contributed by atoms with van der Waals surface area (Å²) >= 11 is 7.01. The van der Waals surface area contributed by atoms with Crippen molar-refractivity contribution < 1.29 is 13.2 Å². The van der Waals surface area contributed by atoms with Gasteiger partial charge >= 0.3 is 6.18 Å². The number of rotatable bonds is 3. The van der Waals surface area contributed by atoms with Crippen molar-refractivity contribution in [1.29, 1.82) is 0 Å². The standard InChI is InChI=1S/C12H10ClF3N2S/c1-7(11-17-4-5-19-11)18-10-3-2-8(13)6-9(10)12(14,15)16/h2-7,18H,1H3. The number of aromatic nitrogens is 1. The predicted octanol–water partition coefficient (Wildman–Crippen LogP) is 4.99. The Balaban J connectivity index is 2.30. The molecule has 1 unspecified atom stereocenters. The van der Waals surface area contributed by atoms with Crippen molar-refractivity contribution in [2.24, 2.45) is 0 Å². The summed E-state index contributed by atoms with van der Waals surface area (Å²) in [6.07, 6.45) is -2.83. The maximum atomic E-state index is 12.9. The molecule has 102 valence electrons. The van der Waals surface area contributed by atoms with Gasteiger partial charge in [0.05, 0.1) is 11.6 Å². The molecule has 0 saturated heterocycles. The maximum Gasteiger partial charge on any atom is 0.418 e. The fraction of sp³-hybridized carbons (Fsp3) is 0.250. The lowest BCUT2D eigenvalue weighted by molar-refractivity contribution is -0.137. The molecule has 19 heavy (non-hydrogen) atoms. The second-order valence-corrected chi connectivity index (χ2v) is 5.29. The van der Waals surface area contributed by atoms with E-state index in [4.69, 9.17) is 11.6 Å². The highest BCUT2D eigenvalue weighted by Gasteiger charge is 2.34. The number of hydrogen-bond donors (Lipinski definition) is 1. The molecule has 0 spiro atoms. The first kappa shape index (κ1) is 14.1. The van der Waals surface area contributed by atoms with E-state index in [-0.39, 0.29) is 16.8 Å². The van der Waals surface area contributed by atoms with Crippen molar-refractivity contribution in [3.8, 4) is 0 Å². The minimum Gasteiger partial charge on any atom is -0.376 e. The Morgan fingerprint density at radius 2 is 2.11 bits per heavy atom. The van der Waals surface area contributed by atoms with Gasteiger partial charge in [0.1, 0.15) is 5.01 Å². The molecule has 2 aromatic rings. The van der Waals surface area contributed by atoms with Crippen LogP contribution in [-0.4, -0.2) is 4.98 Å². The van der Waals surface area contributed by atoms with Gasteiger partial charge in [-0.3, -0.25) is 0 Å². The molecule has 2 nitrogen and oxygen atoms in total. The van der Waals surface area contributed by atoms with E-state index < -0.39 is 11.7 Å². The fourth-order valence-corrected chi connectivity index (χ4v) is 2.44. The highest BCUT2D eigenvalue weighted by Crippen LogP contribution is 2.37. The van der Waals surface area contributed by atoms with Crippen LogP contribution < -0.4 is 5.32 Å². The average molecular weight is 307 g/mol. The zero-order valence-electron chi connectivity index (χ0n) is 9.83. The van der Waals surface area contributed by atoms with Crippen LogP contribution in [0.4, 0.5) is 18.9 Å². The second-order valence-electron chi connectivity index (χ2n) is 3.92. The molecule has 1 aromatic carbocycles. The van der Waals surface area contributed by atoms with Gasteiger partial charge in [-0.05, 0) is 25.1 Å². The Morgan fingerprint density at radius 3 is 2.68 bits per heavy atom. The highest BCUT2D eigenvalue weighted by atomic mass is 35.5. The van der Waals surface area contributed by atoms with Crippen LogP contribution in [0.1, 0.15) is 23.5 Å². The number of halogens is 4. The molecule has 0 fully saturated rings. The van der Waals surface area contributed by atoms with Crippen LogP contribution in [-0.2, 0) is 6.18 Å². The maximum absolute atomic E-state index is 12.9. The van der Waals surface area contributed by atoms with Gasteiger partial charge in [0, 0.05) is 22.3 Å². The molecule has 7 heteroatoms. The number of hydrogen-bond acceptors (Lipinski definition) is 3. The zero-order valence-corrected chi connectivity index (χ0v) is 11.4. The van der Waals surface area contributed by atoms with Crippen molar-refractivity contribution in [3.63, 3.8) is 0 Å². The van der Waals surface area contributed by atoms with Gasteiger partial charge in [0.15, 0.2) is 0 Å². The summed E-state index contributed by atoms with van der Waals surface area (Å²) < 4.78 is 38.7. The van der Waals surface area contributed by atoms with Crippen LogP contribution in [0.15, 0.2) is 29.8 Å². The molecule has 0 aliphatic rings. The molecule has 2 rings (SSSR count). The molecule has 1 N–H and O–H groups in total. The van der Waals surface area contributed by atoms with Crippen molar-refractivity contribution in [3.05, 3.63) is 45.4 Å². The molecule has 0 aliphatic carbocycles. The van der Waals surface area contributed by atoms with Gasteiger partial charge in [0.2, 0.25) is 0 Å². The van der Waals surface area contributed by atoms with E-state index in [1.165, 1.54) is 23.5 Å². The molecule has 0 radical (unpaired) electrons. The number of nitrogens with zero attached hydrogens (tertiary/aromatic N) is 1. The minimum absolute atomic E-state index is 0.000370. The zero-order chi connectivity index (χ0) is 14.0. The first-order valence-corrected chi connectivity index (χ1v) is 6.66. The topological polar surface area (TPSA) is 24.9 Å². The Morgan fingerprint density at radius 1 is 1.37 bits per heavy atom. The summed E-state index contributed by atoms with van der Waals surface area (Å²) in [6, 6.07) is 3.36. The van der Waals surface area contributed by atoms with Gasteiger partial charge in [-0.15, -0.1) is 11.3 Å². The molecular weight excluding hydrogens is 297 g/mol. The monoisotopic (exact) mass is 306 g/mol. The predicted molar refractivity (Wildman–Crippen MR) is 70.6 cm³/mol. The average Bonchev–Trinajstić information content (AvgIpc) is 2.83. The van der Waals surface area contributed by atoms with Crippen LogP contribution >= 0.6 is 22.9 Å². The van der Waals surface area contributed by atoms with Crippen molar-refractivity contribution in [2.45, 2.75) is 19.1 Å². The third kappa shape index (κ3) is 3.39. The van der Waals surface area contributed by atoms with Crippen molar-refractivity contribution in [1.82, 2.24) is 4.98 Å². The third-order valence-corrected chi connectivity index (χ3v) is 3.67. The summed E-state index contributed by atoms with van der Waals surface area (Å²) in [5.74, 6) is 0. The van der Waals surface area contributed by atoms with Crippen molar-refractivity contribution in [2.75, 3.05) is 5.32 Å². The van der Waals surface area contributed by atoms with Crippen LogP contribution in [0.5, 0.6) is 0 Å². The second kappa shape index (κ2) is 5.38. The lowest BCUT2D eigenvalue weighted by Gasteiger charge is -2.18.